The predicted octanol–water partition coefficient (Wildman–Crippen LogP) is 4.32. The summed E-state index contributed by atoms with van der Waals surface area (Å²) in [7, 11) is 1.49. The summed E-state index contributed by atoms with van der Waals surface area (Å²) in [6.07, 6.45) is 2.10. The van der Waals surface area contributed by atoms with E-state index in [1.54, 1.807) is 24.4 Å². The Kier molecular flexibility index (Phi) is 9.58. The minimum atomic E-state index is -0.667. The molecule has 0 aliphatic carbocycles. The molecule has 0 fully saturated rings. The first-order chi connectivity index (χ1) is 19.2. The number of phenols is 1. The van der Waals surface area contributed by atoms with E-state index in [9.17, 15) is 15.0 Å². The van der Waals surface area contributed by atoms with Gasteiger partial charge in [-0.3, -0.25) is 4.79 Å². The Morgan fingerprint density at radius 1 is 1.00 bits per heavy atom. The third kappa shape index (κ3) is 7.49. The van der Waals surface area contributed by atoms with Crippen LogP contribution in [-0.4, -0.2) is 45.4 Å². The number of ether oxygens (including phenoxy) is 1. The number of amides is 1. The van der Waals surface area contributed by atoms with Crippen molar-refractivity contribution in [1.82, 2.24) is 20.2 Å². The Hall–Kier alpha value is -4.14. The molecule has 0 saturated carbocycles. The molecule has 0 radical (unpaired) electrons. The molecule has 210 valence electrons. The fraction of sp³-hybridized carbons (Fsp3) is 0.312. The minimum Gasteiger partial charge on any atom is -0.504 e. The SMILES string of the molecule is COc1cc(CNC(=O)Cc2cccc(CC(C)NC[C@@H](O)c3ccc(-n4c(C)ccc4C)nc3)c2)ccc1O. The summed E-state index contributed by atoms with van der Waals surface area (Å²) in [5, 5.41) is 26.8. The summed E-state index contributed by atoms with van der Waals surface area (Å²) in [6, 6.07) is 21.1. The van der Waals surface area contributed by atoms with E-state index in [0.29, 0.717) is 18.8 Å². The maximum absolute atomic E-state index is 12.5. The van der Waals surface area contributed by atoms with E-state index in [2.05, 4.69) is 39.2 Å². The monoisotopic (exact) mass is 542 g/mol. The normalized spacial score (nSPS) is 12.6. The Morgan fingerprint density at radius 2 is 1.75 bits per heavy atom. The van der Waals surface area contributed by atoms with Crippen LogP contribution in [0.15, 0.2) is 72.9 Å². The number of pyridine rings is 1. The van der Waals surface area contributed by atoms with Gasteiger partial charge in [-0.15, -0.1) is 0 Å². The number of carbonyl (C=O) groups is 1. The molecular weight excluding hydrogens is 504 g/mol. The van der Waals surface area contributed by atoms with Crippen LogP contribution in [0, 0.1) is 13.8 Å². The van der Waals surface area contributed by atoms with Gasteiger partial charge in [-0.1, -0.05) is 36.4 Å². The van der Waals surface area contributed by atoms with Gasteiger partial charge in [0.2, 0.25) is 5.91 Å². The average molecular weight is 543 g/mol. The Balaban J connectivity index is 1.25. The summed E-state index contributed by atoms with van der Waals surface area (Å²) in [4.78, 5) is 17.1. The first-order valence-electron chi connectivity index (χ1n) is 13.5. The van der Waals surface area contributed by atoms with E-state index in [1.807, 2.05) is 50.2 Å². The zero-order valence-corrected chi connectivity index (χ0v) is 23.5. The number of hydrogen-bond donors (Lipinski definition) is 4. The van der Waals surface area contributed by atoms with E-state index in [0.717, 1.165) is 45.9 Å². The van der Waals surface area contributed by atoms with Crippen molar-refractivity contribution in [1.29, 1.82) is 0 Å². The van der Waals surface area contributed by atoms with Gasteiger partial charge in [-0.05, 0) is 74.2 Å². The molecule has 2 atom stereocenters. The largest absolute Gasteiger partial charge is 0.504 e. The van der Waals surface area contributed by atoms with Crippen molar-refractivity contribution >= 4 is 5.91 Å². The van der Waals surface area contributed by atoms with Gasteiger partial charge in [-0.25, -0.2) is 4.98 Å². The fourth-order valence-corrected chi connectivity index (χ4v) is 4.76. The van der Waals surface area contributed by atoms with Gasteiger partial charge in [0.05, 0.1) is 19.6 Å². The van der Waals surface area contributed by atoms with Crippen LogP contribution >= 0.6 is 0 Å². The molecule has 0 saturated heterocycles. The number of aliphatic hydroxyl groups is 1. The number of nitrogens with zero attached hydrogens (tertiary/aromatic N) is 2. The van der Waals surface area contributed by atoms with Crippen LogP contribution in [0.4, 0.5) is 0 Å². The van der Waals surface area contributed by atoms with Gasteiger partial charge in [-0.2, -0.15) is 0 Å². The molecule has 1 unspecified atom stereocenters. The lowest BCUT2D eigenvalue weighted by Crippen LogP contribution is -2.32. The van der Waals surface area contributed by atoms with E-state index >= 15 is 0 Å². The number of aliphatic hydroxyl groups excluding tert-OH is 1. The van der Waals surface area contributed by atoms with E-state index in [-0.39, 0.29) is 24.1 Å². The number of carbonyl (C=O) groups excluding carboxylic acids is 1. The number of aromatic hydroxyl groups is 1. The van der Waals surface area contributed by atoms with Crippen LogP contribution in [0.25, 0.3) is 5.82 Å². The molecule has 2 aromatic heterocycles. The molecule has 40 heavy (non-hydrogen) atoms. The second kappa shape index (κ2) is 13.3. The second-order valence-corrected chi connectivity index (χ2v) is 10.2. The predicted molar refractivity (Wildman–Crippen MR) is 156 cm³/mol. The molecule has 8 heteroatoms. The number of phenolic OH excluding ortho intramolecular Hbond substituents is 1. The molecule has 0 aliphatic heterocycles. The van der Waals surface area contributed by atoms with Crippen molar-refractivity contribution in [2.45, 2.75) is 52.3 Å². The molecule has 8 nitrogen and oxygen atoms in total. The fourth-order valence-electron chi connectivity index (χ4n) is 4.76. The van der Waals surface area contributed by atoms with Crippen LogP contribution in [0.5, 0.6) is 11.5 Å². The van der Waals surface area contributed by atoms with Crippen molar-refractivity contribution in [2.24, 2.45) is 0 Å². The lowest BCUT2D eigenvalue weighted by atomic mass is 10.0. The lowest BCUT2D eigenvalue weighted by molar-refractivity contribution is -0.120. The highest BCUT2D eigenvalue weighted by Gasteiger charge is 2.13. The Labute approximate surface area is 235 Å². The molecule has 4 aromatic rings. The number of hydrogen-bond acceptors (Lipinski definition) is 6. The summed E-state index contributed by atoms with van der Waals surface area (Å²) < 4.78 is 7.21. The van der Waals surface area contributed by atoms with E-state index in [4.69, 9.17) is 4.74 Å². The second-order valence-electron chi connectivity index (χ2n) is 10.2. The molecule has 0 spiro atoms. The van der Waals surface area contributed by atoms with Gasteiger partial charge in [0, 0.05) is 42.3 Å². The highest BCUT2D eigenvalue weighted by atomic mass is 16.5. The van der Waals surface area contributed by atoms with Crippen molar-refractivity contribution in [3.05, 3.63) is 107 Å². The lowest BCUT2D eigenvalue weighted by Gasteiger charge is -2.18. The highest BCUT2D eigenvalue weighted by molar-refractivity contribution is 5.78. The van der Waals surface area contributed by atoms with Crippen molar-refractivity contribution in [2.75, 3.05) is 13.7 Å². The van der Waals surface area contributed by atoms with Gasteiger partial charge in [0.25, 0.3) is 0 Å². The summed E-state index contributed by atoms with van der Waals surface area (Å²) in [5.74, 6) is 1.20. The van der Waals surface area contributed by atoms with Crippen LogP contribution in [0.2, 0.25) is 0 Å². The maximum atomic E-state index is 12.5. The molecular formula is C32H38N4O4. The summed E-state index contributed by atoms with van der Waals surface area (Å²) in [5.41, 5.74) is 5.90. The third-order valence-electron chi connectivity index (χ3n) is 6.95. The quantitative estimate of drug-likeness (QED) is 0.212. The number of methoxy groups -OCH3 is 1. The number of aromatic nitrogens is 2. The van der Waals surface area contributed by atoms with Gasteiger partial charge in [0.1, 0.15) is 5.82 Å². The molecule has 4 N–H and O–H groups in total. The maximum Gasteiger partial charge on any atom is 0.224 e. The molecule has 0 aliphatic rings. The molecule has 4 rings (SSSR count). The van der Waals surface area contributed by atoms with Gasteiger partial charge >= 0.3 is 0 Å². The van der Waals surface area contributed by atoms with Crippen LogP contribution in [-0.2, 0) is 24.2 Å². The first kappa shape index (κ1) is 28.9. The van der Waals surface area contributed by atoms with Gasteiger partial charge in [0.15, 0.2) is 11.5 Å². The molecule has 2 aromatic carbocycles. The van der Waals surface area contributed by atoms with E-state index in [1.165, 1.54) is 7.11 Å². The highest BCUT2D eigenvalue weighted by Crippen LogP contribution is 2.26. The smallest absolute Gasteiger partial charge is 0.224 e. The molecule has 2 heterocycles. The Bertz CT molecular complexity index is 1410. The summed E-state index contributed by atoms with van der Waals surface area (Å²) in [6.45, 7) is 6.93. The number of nitrogens with one attached hydrogen (secondary N) is 2. The summed E-state index contributed by atoms with van der Waals surface area (Å²) >= 11 is 0. The van der Waals surface area contributed by atoms with Crippen molar-refractivity contribution < 1.29 is 19.7 Å². The van der Waals surface area contributed by atoms with Gasteiger partial charge < -0.3 is 30.2 Å². The topological polar surface area (TPSA) is 109 Å². The third-order valence-corrected chi connectivity index (χ3v) is 6.95. The molecule has 0 bridgehead atoms. The Morgan fingerprint density at radius 3 is 2.45 bits per heavy atom. The van der Waals surface area contributed by atoms with Crippen molar-refractivity contribution in [3.8, 4) is 17.3 Å². The van der Waals surface area contributed by atoms with Crippen LogP contribution in [0.3, 0.4) is 0 Å². The number of aryl methyl sites for hydroxylation is 2. The number of rotatable bonds is 12. The first-order valence-corrected chi connectivity index (χ1v) is 13.5. The zero-order chi connectivity index (χ0) is 28.6. The number of benzene rings is 2. The average Bonchev–Trinajstić information content (AvgIpc) is 3.29. The van der Waals surface area contributed by atoms with Crippen LogP contribution < -0.4 is 15.4 Å². The standard InChI is InChI=1S/C32H38N4O4/c1-21(33-20-29(38)27-11-13-31(34-19-27)36-22(2)8-9-23(36)3)14-24-6-5-7-25(15-24)17-32(39)35-18-26-10-12-28(37)30(16-26)40-4/h5-13,15-16,19,21,29,33,37-38H,14,17-18,20H2,1-4H3,(H,35,39)/t21?,29-/m1/s1. The van der Waals surface area contributed by atoms with Crippen LogP contribution in [0.1, 0.15) is 46.7 Å². The van der Waals surface area contributed by atoms with E-state index < -0.39 is 6.10 Å². The zero-order valence-electron chi connectivity index (χ0n) is 23.5. The molecule has 1 amide bonds. The van der Waals surface area contributed by atoms with Crippen molar-refractivity contribution in [3.63, 3.8) is 0 Å². The minimum absolute atomic E-state index is 0.0667.